The predicted octanol–water partition coefficient (Wildman–Crippen LogP) is 1.24. The highest BCUT2D eigenvalue weighted by molar-refractivity contribution is 5.72. The molecule has 0 aliphatic heterocycles. The Morgan fingerprint density at radius 1 is 0.467 bits per heavy atom. The first kappa shape index (κ1) is 31.5. The van der Waals surface area contributed by atoms with Crippen LogP contribution in [0, 0.1) is 0 Å². The Hall–Kier alpha value is -3.18. The molecule has 0 atom stereocenters. The Kier molecular flexibility index (Phi) is 23.2. The lowest BCUT2D eigenvalue weighted by molar-refractivity contribution is -0.143. The molecule has 0 amide bonds. The van der Waals surface area contributed by atoms with Gasteiger partial charge in [-0.05, 0) is 19.3 Å². The normalized spacial score (nSPS) is 8.90. The molecular formula is C18H30O12. The van der Waals surface area contributed by atoms with Crippen molar-refractivity contribution >= 4 is 35.8 Å². The molecule has 0 unspecified atom stereocenters. The number of hydrogen-bond acceptors (Lipinski definition) is 9. The number of carboxylic acids is 3. The van der Waals surface area contributed by atoms with Crippen LogP contribution in [0.4, 0.5) is 0 Å². The van der Waals surface area contributed by atoms with Crippen LogP contribution in [-0.4, -0.2) is 72.5 Å². The zero-order chi connectivity index (χ0) is 23.9. The first-order valence-corrected chi connectivity index (χ1v) is 8.85. The van der Waals surface area contributed by atoms with Crippen molar-refractivity contribution in [2.75, 3.05) is 21.3 Å². The number of esters is 3. The third-order valence-corrected chi connectivity index (χ3v) is 3.00. The lowest BCUT2D eigenvalue weighted by Crippen LogP contribution is -2.04. The maximum Gasteiger partial charge on any atom is 0.305 e. The smallest absolute Gasteiger partial charge is 0.305 e. The quantitative estimate of drug-likeness (QED) is 0.292. The maximum atomic E-state index is 10.5. The lowest BCUT2D eigenvalue weighted by Gasteiger charge is -1.97. The van der Waals surface area contributed by atoms with Crippen molar-refractivity contribution in [2.24, 2.45) is 0 Å². The van der Waals surface area contributed by atoms with E-state index in [0.29, 0.717) is 12.8 Å². The van der Waals surface area contributed by atoms with E-state index in [4.69, 9.17) is 15.3 Å². The molecule has 3 N–H and O–H groups in total. The summed E-state index contributed by atoms with van der Waals surface area (Å²) >= 11 is 0. The summed E-state index contributed by atoms with van der Waals surface area (Å²) in [6.07, 6.45) is 1.67. The summed E-state index contributed by atoms with van der Waals surface area (Å²) in [4.78, 5) is 60.9. The molecule has 0 radical (unpaired) electrons. The van der Waals surface area contributed by atoms with Crippen LogP contribution in [0.25, 0.3) is 0 Å². The van der Waals surface area contributed by atoms with Gasteiger partial charge in [0.2, 0.25) is 0 Å². The van der Waals surface area contributed by atoms with Crippen molar-refractivity contribution < 1.29 is 58.3 Å². The van der Waals surface area contributed by atoms with Gasteiger partial charge in [-0.3, -0.25) is 28.8 Å². The van der Waals surface area contributed by atoms with E-state index in [-0.39, 0.29) is 62.9 Å². The van der Waals surface area contributed by atoms with Crippen LogP contribution in [-0.2, 0) is 43.0 Å². The minimum Gasteiger partial charge on any atom is -0.481 e. The molecule has 0 aromatic rings. The highest BCUT2D eigenvalue weighted by Crippen LogP contribution is 1.98. The van der Waals surface area contributed by atoms with Crippen molar-refractivity contribution in [3.8, 4) is 0 Å². The first-order valence-electron chi connectivity index (χ1n) is 8.85. The Labute approximate surface area is 174 Å². The van der Waals surface area contributed by atoms with Crippen molar-refractivity contribution in [1.82, 2.24) is 0 Å². The Balaban J connectivity index is -0.000000366. The molecule has 12 heteroatoms. The van der Waals surface area contributed by atoms with Crippen LogP contribution in [0.5, 0.6) is 0 Å². The molecule has 0 bridgehead atoms. The second-order valence-electron chi connectivity index (χ2n) is 5.47. The van der Waals surface area contributed by atoms with Crippen LogP contribution in [0.2, 0.25) is 0 Å². The van der Waals surface area contributed by atoms with Gasteiger partial charge < -0.3 is 29.5 Å². The second kappa shape index (κ2) is 22.1. The highest BCUT2D eigenvalue weighted by Gasteiger charge is 2.04. The van der Waals surface area contributed by atoms with E-state index in [0.717, 1.165) is 0 Å². The van der Waals surface area contributed by atoms with Crippen LogP contribution >= 0.6 is 0 Å². The van der Waals surface area contributed by atoms with Gasteiger partial charge in [0.1, 0.15) is 0 Å². The fraction of sp³-hybridized carbons (Fsp3) is 0.667. The Morgan fingerprint density at radius 2 is 0.667 bits per heavy atom. The zero-order valence-corrected chi connectivity index (χ0v) is 17.4. The molecule has 30 heavy (non-hydrogen) atoms. The molecule has 0 aromatic heterocycles. The van der Waals surface area contributed by atoms with Gasteiger partial charge in [-0.1, -0.05) is 0 Å². The van der Waals surface area contributed by atoms with Gasteiger partial charge in [-0.25, -0.2) is 0 Å². The fourth-order valence-electron chi connectivity index (χ4n) is 1.46. The average Bonchev–Trinajstić information content (AvgIpc) is 2.67. The van der Waals surface area contributed by atoms with Gasteiger partial charge in [0.05, 0.1) is 21.3 Å². The summed E-state index contributed by atoms with van der Waals surface area (Å²) in [5.74, 6) is -3.74. The number of aliphatic carboxylic acids is 3. The van der Waals surface area contributed by atoms with Gasteiger partial charge in [0.25, 0.3) is 0 Å². The summed E-state index contributed by atoms with van der Waals surface area (Å²) in [6, 6.07) is 0. The van der Waals surface area contributed by atoms with E-state index in [1.807, 2.05) is 0 Å². The monoisotopic (exact) mass is 438 g/mol. The van der Waals surface area contributed by atoms with Gasteiger partial charge in [0.15, 0.2) is 0 Å². The third-order valence-electron chi connectivity index (χ3n) is 3.00. The molecule has 12 nitrogen and oxygen atoms in total. The standard InChI is InChI=1S/C7H12O4.C6H10O4.C5H8O4/c1-10-6(8)4-3-5-7(9)11-2;1-10-6(9)4-2-3-5(7)8;6-4(7)2-1-3-5(8)9/h3-5H2,1-2H3;2-4H2,1H3,(H,7,8);1-3H2,(H,6,7)(H,8,9). The van der Waals surface area contributed by atoms with Crippen LogP contribution < -0.4 is 0 Å². The summed E-state index contributed by atoms with van der Waals surface area (Å²) in [6.45, 7) is 0. The molecule has 0 spiro atoms. The molecular weight excluding hydrogens is 408 g/mol. The Morgan fingerprint density at radius 3 is 0.867 bits per heavy atom. The number of ether oxygens (including phenoxy) is 3. The van der Waals surface area contributed by atoms with E-state index in [1.165, 1.54) is 21.3 Å². The number of carbonyl (C=O) groups excluding carboxylic acids is 3. The topological polar surface area (TPSA) is 191 Å². The number of carbonyl (C=O) groups is 6. The Bertz CT molecular complexity index is 511. The number of rotatable bonds is 12. The minimum absolute atomic E-state index is 0.0229. The molecule has 0 saturated carbocycles. The minimum atomic E-state index is -0.948. The van der Waals surface area contributed by atoms with Gasteiger partial charge in [-0.2, -0.15) is 0 Å². The summed E-state index contributed by atoms with van der Waals surface area (Å²) in [7, 11) is 3.92. The first-order chi connectivity index (χ1) is 14.0. The van der Waals surface area contributed by atoms with E-state index in [2.05, 4.69) is 14.2 Å². The van der Waals surface area contributed by atoms with E-state index in [1.54, 1.807) is 0 Å². The summed E-state index contributed by atoms with van der Waals surface area (Å²) in [5, 5.41) is 24.2. The number of methoxy groups -OCH3 is 3. The van der Waals surface area contributed by atoms with Crippen LogP contribution in [0.3, 0.4) is 0 Å². The molecule has 0 aliphatic rings. The van der Waals surface area contributed by atoms with E-state index in [9.17, 15) is 28.8 Å². The molecule has 0 heterocycles. The highest BCUT2D eigenvalue weighted by atomic mass is 16.5. The predicted molar refractivity (Wildman–Crippen MR) is 101 cm³/mol. The zero-order valence-electron chi connectivity index (χ0n) is 17.4. The largest absolute Gasteiger partial charge is 0.481 e. The average molecular weight is 438 g/mol. The third kappa shape index (κ3) is 32.5. The van der Waals surface area contributed by atoms with Crippen LogP contribution in [0.1, 0.15) is 57.8 Å². The van der Waals surface area contributed by atoms with Crippen molar-refractivity contribution in [3.05, 3.63) is 0 Å². The van der Waals surface area contributed by atoms with Gasteiger partial charge in [-0.15, -0.1) is 0 Å². The SMILES string of the molecule is COC(=O)CCCC(=O)O.COC(=O)CCCC(=O)OC.O=C(O)CCCC(=O)O. The fourth-order valence-corrected chi connectivity index (χ4v) is 1.46. The molecule has 0 fully saturated rings. The van der Waals surface area contributed by atoms with Crippen molar-refractivity contribution in [3.63, 3.8) is 0 Å². The summed E-state index contributed by atoms with van der Waals surface area (Å²) < 4.78 is 13.0. The number of carboxylic acid groups (broad SMARTS) is 3. The maximum absolute atomic E-state index is 10.5. The van der Waals surface area contributed by atoms with Gasteiger partial charge in [0, 0.05) is 38.5 Å². The van der Waals surface area contributed by atoms with Crippen molar-refractivity contribution in [1.29, 1.82) is 0 Å². The molecule has 0 rings (SSSR count). The second-order valence-corrected chi connectivity index (χ2v) is 5.47. The molecule has 0 aliphatic carbocycles. The molecule has 174 valence electrons. The van der Waals surface area contributed by atoms with E-state index >= 15 is 0 Å². The van der Waals surface area contributed by atoms with E-state index < -0.39 is 17.9 Å². The molecule has 0 aromatic carbocycles. The number of hydrogen-bond donors (Lipinski definition) is 3. The van der Waals surface area contributed by atoms with Crippen molar-refractivity contribution in [2.45, 2.75) is 57.8 Å². The van der Waals surface area contributed by atoms with Gasteiger partial charge >= 0.3 is 35.8 Å². The lowest BCUT2D eigenvalue weighted by atomic mass is 10.2. The molecule has 0 saturated heterocycles. The summed E-state index contributed by atoms with van der Waals surface area (Å²) in [5.41, 5.74) is 0. The van der Waals surface area contributed by atoms with Crippen LogP contribution in [0.15, 0.2) is 0 Å².